The van der Waals surface area contributed by atoms with E-state index in [-0.39, 0.29) is 12.1 Å². The molecule has 6 nitrogen and oxygen atoms in total. The topological polar surface area (TPSA) is 80.4 Å². The summed E-state index contributed by atoms with van der Waals surface area (Å²) in [5, 5.41) is 6.25. The fourth-order valence-corrected chi connectivity index (χ4v) is 5.23. The van der Waals surface area contributed by atoms with Gasteiger partial charge in [-0.3, -0.25) is 4.79 Å². The lowest BCUT2D eigenvalue weighted by Gasteiger charge is -2.28. The second-order valence-electron chi connectivity index (χ2n) is 10.6. The fourth-order valence-electron chi connectivity index (χ4n) is 4.44. The number of halogens is 1. The molecular weight excluding hydrogens is 479 g/mol. The van der Waals surface area contributed by atoms with Crippen LogP contribution in [0, 0.1) is 12.7 Å². The number of aryl methyl sites for hydroxylation is 1. The molecule has 190 valence electrons. The van der Waals surface area contributed by atoms with Crippen LogP contribution in [0.15, 0.2) is 40.5 Å². The van der Waals surface area contributed by atoms with Crippen LogP contribution in [0.5, 0.6) is 5.75 Å². The predicted octanol–water partition coefficient (Wildman–Crippen LogP) is 6.67. The maximum atomic E-state index is 15.6. The highest BCUT2D eigenvalue weighted by molar-refractivity contribution is 7.17. The van der Waals surface area contributed by atoms with Crippen molar-refractivity contribution in [1.29, 1.82) is 0 Å². The number of hydrogen-bond acceptors (Lipinski definition) is 5. The lowest BCUT2D eigenvalue weighted by molar-refractivity contribution is 0.0517. The van der Waals surface area contributed by atoms with E-state index in [2.05, 4.69) is 10.3 Å². The maximum absolute atomic E-state index is 15.6. The van der Waals surface area contributed by atoms with Crippen molar-refractivity contribution >= 4 is 38.4 Å². The minimum atomic E-state index is -0.690. The van der Waals surface area contributed by atoms with E-state index in [4.69, 9.17) is 9.47 Å². The van der Waals surface area contributed by atoms with Crippen LogP contribution in [-0.2, 0) is 10.2 Å². The molecule has 1 amide bonds. The molecule has 4 rings (SSSR count). The normalized spacial score (nSPS) is 12.2. The number of aromatic amines is 1. The summed E-state index contributed by atoms with van der Waals surface area (Å²) in [4.78, 5) is 27.8. The molecule has 0 fully saturated rings. The zero-order chi connectivity index (χ0) is 26.4. The first-order chi connectivity index (χ1) is 16.8. The van der Waals surface area contributed by atoms with E-state index in [0.717, 1.165) is 16.3 Å². The van der Waals surface area contributed by atoms with Crippen molar-refractivity contribution in [2.24, 2.45) is 0 Å². The van der Waals surface area contributed by atoms with Crippen LogP contribution >= 0.6 is 11.3 Å². The second kappa shape index (κ2) is 9.24. The first-order valence-electron chi connectivity index (χ1n) is 11.7. The molecule has 0 saturated heterocycles. The van der Waals surface area contributed by atoms with Crippen LogP contribution in [-0.4, -0.2) is 30.3 Å². The number of aromatic nitrogens is 1. The van der Waals surface area contributed by atoms with E-state index in [1.165, 1.54) is 17.4 Å². The van der Waals surface area contributed by atoms with Crippen molar-refractivity contribution in [2.45, 2.75) is 52.6 Å². The Morgan fingerprint density at radius 3 is 2.50 bits per heavy atom. The molecule has 0 spiro atoms. The van der Waals surface area contributed by atoms with Gasteiger partial charge < -0.3 is 19.8 Å². The number of rotatable bonds is 5. The van der Waals surface area contributed by atoms with Crippen LogP contribution in [0.4, 0.5) is 9.18 Å². The Morgan fingerprint density at radius 1 is 1.14 bits per heavy atom. The number of carbonyl (C=O) groups excluding carboxylic acids is 1. The summed E-state index contributed by atoms with van der Waals surface area (Å²) in [7, 11) is 1.58. The molecular formula is C28H31FN2O4S. The number of alkyl carbamates (subject to hydrolysis) is 1. The number of carbonyl (C=O) groups is 1. The molecule has 2 aromatic heterocycles. The standard InChI is InChI=1S/C28H31FN2O4S/c1-15-12-20(34-7)21(22-17-10-11-36-24(17)25(32)31-23(15)22)16-8-9-18(19(29)13-16)28(5,6)14-30-26(33)35-27(2,3)4/h8-13H,14H2,1-7H3,(H,30,33)(H,31,32). The van der Waals surface area contributed by atoms with Gasteiger partial charge in [0, 0.05) is 28.3 Å². The van der Waals surface area contributed by atoms with Gasteiger partial charge in [-0.25, -0.2) is 9.18 Å². The highest BCUT2D eigenvalue weighted by atomic mass is 32.1. The summed E-state index contributed by atoms with van der Waals surface area (Å²) in [5.41, 5.74) is 1.93. The SMILES string of the molecule is COc1cc(C)c2[nH]c(=O)c3sccc3c2c1-c1ccc(C(C)(C)CNC(=O)OC(C)(C)C)c(F)c1. The number of benzene rings is 2. The minimum absolute atomic E-state index is 0.146. The lowest BCUT2D eigenvalue weighted by atomic mass is 9.83. The lowest BCUT2D eigenvalue weighted by Crippen LogP contribution is -2.40. The van der Waals surface area contributed by atoms with Gasteiger partial charge in [0.05, 0.1) is 12.6 Å². The minimum Gasteiger partial charge on any atom is -0.496 e. The number of thiophene rings is 1. The molecule has 2 aromatic carbocycles. The van der Waals surface area contributed by atoms with Crippen molar-refractivity contribution in [2.75, 3.05) is 13.7 Å². The average molecular weight is 511 g/mol. The predicted molar refractivity (Wildman–Crippen MR) is 144 cm³/mol. The molecule has 8 heteroatoms. The van der Waals surface area contributed by atoms with Gasteiger partial charge in [-0.05, 0) is 68.0 Å². The molecule has 0 atom stereocenters. The Morgan fingerprint density at radius 2 is 1.86 bits per heavy atom. The van der Waals surface area contributed by atoms with Gasteiger partial charge in [-0.15, -0.1) is 11.3 Å². The highest BCUT2D eigenvalue weighted by Gasteiger charge is 2.27. The monoisotopic (exact) mass is 510 g/mol. The van der Waals surface area contributed by atoms with Crippen molar-refractivity contribution in [3.05, 3.63) is 63.0 Å². The summed E-state index contributed by atoms with van der Waals surface area (Å²) in [5.74, 6) is 0.197. The zero-order valence-corrected chi connectivity index (χ0v) is 22.4. The second-order valence-corrected chi connectivity index (χ2v) is 11.5. The number of hydrogen-bond donors (Lipinski definition) is 2. The molecule has 0 aliphatic carbocycles. The summed E-state index contributed by atoms with van der Waals surface area (Å²) >= 11 is 1.37. The molecule has 4 aromatic rings. The van der Waals surface area contributed by atoms with Crippen molar-refractivity contribution in [3.63, 3.8) is 0 Å². The Bertz CT molecular complexity index is 1530. The van der Waals surface area contributed by atoms with Gasteiger partial charge in [-0.2, -0.15) is 0 Å². The van der Waals surface area contributed by atoms with Gasteiger partial charge in [0.25, 0.3) is 5.56 Å². The van der Waals surface area contributed by atoms with E-state index in [1.54, 1.807) is 33.9 Å². The van der Waals surface area contributed by atoms with Crippen LogP contribution < -0.4 is 15.6 Å². The molecule has 0 aliphatic heterocycles. The van der Waals surface area contributed by atoms with Crippen LogP contribution in [0.2, 0.25) is 0 Å². The smallest absolute Gasteiger partial charge is 0.407 e. The van der Waals surface area contributed by atoms with E-state index < -0.39 is 22.9 Å². The Kier molecular flexibility index (Phi) is 6.60. The molecule has 0 unspecified atom stereocenters. The number of H-pyrrole nitrogens is 1. The largest absolute Gasteiger partial charge is 0.496 e. The number of nitrogens with one attached hydrogen (secondary N) is 2. The molecule has 0 radical (unpaired) electrons. The third-order valence-electron chi connectivity index (χ3n) is 6.15. The quantitative estimate of drug-likeness (QED) is 0.314. The Labute approximate surface area is 213 Å². The molecule has 2 N–H and O–H groups in total. The van der Waals surface area contributed by atoms with Crippen molar-refractivity contribution in [3.8, 4) is 16.9 Å². The third-order valence-corrected chi connectivity index (χ3v) is 7.06. The molecule has 2 heterocycles. The highest BCUT2D eigenvalue weighted by Crippen LogP contribution is 2.42. The zero-order valence-electron chi connectivity index (χ0n) is 21.6. The van der Waals surface area contributed by atoms with Gasteiger partial charge in [0.1, 0.15) is 21.9 Å². The van der Waals surface area contributed by atoms with Crippen LogP contribution in [0.25, 0.3) is 32.1 Å². The summed E-state index contributed by atoms with van der Waals surface area (Å²) < 4.78 is 27.3. The molecule has 36 heavy (non-hydrogen) atoms. The van der Waals surface area contributed by atoms with Crippen LogP contribution in [0.3, 0.4) is 0 Å². The number of pyridine rings is 1. The summed E-state index contributed by atoms with van der Waals surface area (Å²) in [6, 6.07) is 8.84. The van der Waals surface area contributed by atoms with E-state index in [9.17, 15) is 9.59 Å². The molecule has 0 saturated carbocycles. The molecule has 0 bridgehead atoms. The van der Waals surface area contributed by atoms with Gasteiger partial charge in [-0.1, -0.05) is 26.0 Å². The first-order valence-corrected chi connectivity index (χ1v) is 12.6. The van der Waals surface area contributed by atoms with Gasteiger partial charge >= 0.3 is 6.09 Å². The van der Waals surface area contributed by atoms with Gasteiger partial charge in [0.2, 0.25) is 0 Å². The van der Waals surface area contributed by atoms with E-state index in [1.807, 2.05) is 44.4 Å². The Hall–Kier alpha value is -3.39. The summed E-state index contributed by atoms with van der Waals surface area (Å²) in [6.07, 6.45) is -0.544. The van der Waals surface area contributed by atoms with Crippen molar-refractivity contribution in [1.82, 2.24) is 10.3 Å². The first kappa shape index (κ1) is 25.7. The van der Waals surface area contributed by atoms with E-state index >= 15 is 4.39 Å². The number of amides is 1. The summed E-state index contributed by atoms with van der Waals surface area (Å²) in [6.45, 7) is 11.2. The van der Waals surface area contributed by atoms with Crippen LogP contribution in [0.1, 0.15) is 45.7 Å². The number of methoxy groups -OCH3 is 1. The third kappa shape index (κ3) is 4.82. The number of fused-ring (bicyclic) bond motifs is 3. The Balaban J connectivity index is 1.79. The number of ether oxygens (including phenoxy) is 2. The molecule has 0 aliphatic rings. The van der Waals surface area contributed by atoms with E-state index in [0.29, 0.717) is 32.7 Å². The maximum Gasteiger partial charge on any atom is 0.407 e. The van der Waals surface area contributed by atoms with Crippen molar-refractivity contribution < 1.29 is 18.7 Å². The average Bonchev–Trinajstić information content (AvgIpc) is 3.28. The van der Waals surface area contributed by atoms with Gasteiger partial charge in [0.15, 0.2) is 0 Å². The fraction of sp³-hybridized carbons (Fsp3) is 0.357.